The standard InChI is InChI=1S/C23H16F4N6O2S/c1-33-18-16(3-2-10-28-18)32-22(19(33)34,23(25,26)27)12-4-9-15-17(11-12)36-21(30-15)31-20(35)29-14-7-5-13(24)6-8-14/h2-11,32H,1H3,(H2,29,30,31,35). The second-order valence-corrected chi connectivity index (χ2v) is 8.93. The zero-order valence-electron chi connectivity index (χ0n) is 18.4. The van der Waals surface area contributed by atoms with Gasteiger partial charge in [-0.25, -0.2) is 19.2 Å². The molecule has 5 rings (SSSR count). The van der Waals surface area contributed by atoms with E-state index in [-0.39, 0.29) is 22.2 Å². The van der Waals surface area contributed by atoms with E-state index < -0.39 is 29.5 Å². The lowest BCUT2D eigenvalue weighted by molar-refractivity contribution is -0.187. The molecule has 0 radical (unpaired) electrons. The third-order valence-electron chi connectivity index (χ3n) is 5.62. The Morgan fingerprint density at radius 2 is 1.86 bits per heavy atom. The second kappa shape index (κ2) is 8.45. The van der Waals surface area contributed by atoms with Gasteiger partial charge in [0, 0.05) is 18.9 Å². The predicted octanol–water partition coefficient (Wildman–Crippen LogP) is 5.32. The molecule has 3 N–H and O–H groups in total. The van der Waals surface area contributed by atoms with Crippen LogP contribution in [-0.4, -0.2) is 35.1 Å². The van der Waals surface area contributed by atoms with E-state index in [1.165, 1.54) is 67.8 Å². The Labute approximate surface area is 205 Å². The van der Waals surface area contributed by atoms with E-state index in [0.29, 0.717) is 15.9 Å². The summed E-state index contributed by atoms with van der Waals surface area (Å²) >= 11 is 0.938. The third-order valence-corrected chi connectivity index (χ3v) is 6.55. The highest BCUT2D eigenvalue weighted by molar-refractivity contribution is 7.22. The fourth-order valence-electron chi connectivity index (χ4n) is 3.92. The molecule has 0 aliphatic carbocycles. The molecule has 0 saturated heterocycles. The molecule has 8 nitrogen and oxygen atoms in total. The van der Waals surface area contributed by atoms with Crippen molar-refractivity contribution in [1.82, 2.24) is 9.97 Å². The minimum atomic E-state index is -5.00. The SMILES string of the molecule is CN1C(=O)C(c2ccc3nc(NC(=O)Nc4ccc(F)cc4)sc3c2)(C(F)(F)F)Nc2cccnc21. The molecule has 184 valence electrons. The highest BCUT2D eigenvalue weighted by atomic mass is 32.1. The number of benzene rings is 2. The van der Waals surface area contributed by atoms with Crippen LogP contribution in [0.3, 0.4) is 0 Å². The first kappa shape index (κ1) is 23.5. The van der Waals surface area contributed by atoms with Gasteiger partial charge in [-0.1, -0.05) is 17.4 Å². The monoisotopic (exact) mass is 516 g/mol. The Balaban J connectivity index is 1.48. The van der Waals surface area contributed by atoms with Crippen molar-refractivity contribution in [2.24, 2.45) is 0 Å². The maximum Gasteiger partial charge on any atom is 0.424 e. The molecule has 2 aromatic heterocycles. The quantitative estimate of drug-likeness (QED) is 0.320. The fourth-order valence-corrected chi connectivity index (χ4v) is 4.82. The van der Waals surface area contributed by atoms with E-state index in [1.807, 2.05) is 0 Å². The number of carbonyl (C=O) groups is 2. The zero-order chi connectivity index (χ0) is 25.7. The molecule has 3 amide bonds. The van der Waals surface area contributed by atoms with Gasteiger partial charge in [0.25, 0.3) is 5.91 Å². The highest BCUT2D eigenvalue weighted by Crippen LogP contribution is 2.48. The molecule has 13 heteroatoms. The van der Waals surface area contributed by atoms with Gasteiger partial charge in [0.2, 0.25) is 5.54 Å². The smallest absolute Gasteiger partial charge is 0.357 e. The van der Waals surface area contributed by atoms with E-state index >= 15 is 0 Å². The predicted molar refractivity (Wildman–Crippen MR) is 128 cm³/mol. The topological polar surface area (TPSA) is 99.2 Å². The van der Waals surface area contributed by atoms with Crippen molar-refractivity contribution in [3.8, 4) is 0 Å². The normalized spacial score (nSPS) is 17.5. The molecule has 1 aliphatic rings. The van der Waals surface area contributed by atoms with Crippen LogP contribution in [0.25, 0.3) is 10.2 Å². The van der Waals surface area contributed by atoms with Crippen LogP contribution < -0.4 is 20.9 Å². The van der Waals surface area contributed by atoms with Gasteiger partial charge in [-0.15, -0.1) is 0 Å². The van der Waals surface area contributed by atoms with Crippen molar-refractivity contribution in [3.05, 3.63) is 72.2 Å². The van der Waals surface area contributed by atoms with E-state index in [9.17, 15) is 27.2 Å². The summed E-state index contributed by atoms with van der Waals surface area (Å²) in [6.45, 7) is 0. The average molecular weight is 516 g/mol. The van der Waals surface area contributed by atoms with E-state index in [0.717, 1.165) is 16.2 Å². The zero-order valence-corrected chi connectivity index (χ0v) is 19.2. The number of pyridine rings is 1. The Kier molecular flexibility index (Phi) is 5.51. The van der Waals surface area contributed by atoms with Crippen molar-refractivity contribution >= 4 is 55.8 Å². The van der Waals surface area contributed by atoms with Crippen LogP contribution in [-0.2, 0) is 10.3 Å². The molecule has 0 spiro atoms. The summed E-state index contributed by atoms with van der Waals surface area (Å²) in [5, 5.41) is 7.51. The van der Waals surface area contributed by atoms with E-state index in [2.05, 4.69) is 25.9 Å². The van der Waals surface area contributed by atoms with Crippen LogP contribution in [0.2, 0.25) is 0 Å². The summed E-state index contributed by atoms with van der Waals surface area (Å²) < 4.78 is 57.1. The van der Waals surface area contributed by atoms with Gasteiger partial charge < -0.3 is 10.6 Å². The number of fused-ring (bicyclic) bond motifs is 2. The summed E-state index contributed by atoms with van der Waals surface area (Å²) in [5.74, 6) is -1.61. The van der Waals surface area contributed by atoms with Gasteiger partial charge in [0.15, 0.2) is 10.9 Å². The Morgan fingerprint density at radius 1 is 1.11 bits per heavy atom. The first-order chi connectivity index (χ1) is 17.1. The van der Waals surface area contributed by atoms with Crippen molar-refractivity contribution in [2.45, 2.75) is 11.7 Å². The highest BCUT2D eigenvalue weighted by Gasteiger charge is 2.65. The maximum atomic E-state index is 14.6. The summed E-state index contributed by atoms with van der Waals surface area (Å²) in [5.41, 5.74) is -2.66. The summed E-state index contributed by atoms with van der Waals surface area (Å²) in [6.07, 6.45) is -3.62. The summed E-state index contributed by atoms with van der Waals surface area (Å²) in [6, 6.07) is 11.1. The molecular formula is C23H16F4N6O2S. The molecule has 0 saturated carbocycles. The largest absolute Gasteiger partial charge is 0.424 e. The Hall–Kier alpha value is -4.26. The van der Waals surface area contributed by atoms with Crippen LogP contribution in [0.5, 0.6) is 0 Å². The number of hydrogen-bond acceptors (Lipinski definition) is 6. The first-order valence-electron chi connectivity index (χ1n) is 10.4. The molecule has 0 fully saturated rings. The van der Waals surface area contributed by atoms with Gasteiger partial charge in [0.05, 0.1) is 15.9 Å². The molecule has 3 heterocycles. The Morgan fingerprint density at radius 3 is 2.58 bits per heavy atom. The lowest BCUT2D eigenvalue weighted by atomic mass is 9.85. The molecule has 1 atom stereocenters. The molecule has 2 aromatic carbocycles. The number of nitrogens with one attached hydrogen (secondary N) is 3. The van der Waals surface area contributed by atoms with Crippen molar-refractivity contribution in [2.75, 3.05) is 27.9 Å². The van der Waals surface area contributed by atoms with Gasteiger partial charge in [-0.05, 0) is 54.1 Å². The van der Waals surface area contributed by atoms with Crippen LogP contribution in [0, 0.1) is 5.82 Å². The number of aromatic nitrogens is 2. The molecular weight excluding hydrogens is 500 g/mol. The lowest BCUT2D eigenvalue weighted by Gasteiger charge is -2.42. The van der Waals surface area contributed by atoms with Crippen LogP contribution >= 0.6 is 11.3 Å². The number of hydrogen-bond donors (Lipinski definition) is 3. The van der Waals surface area contributed by atoms with Crippen molar-refractivity contribution in [3.63, 3.8) is 0 Å². The number of urea groups is 1. The first-order valence-corrected chi connectivity index (χ1v) is 11.2. The Bertz CT molecular complexity index is 1490. The van der Waals surface area contributed by atoms with Crippen LogP contribution in [0.1, 0.15) is 5.56 Å². The minimum absolute atomic E-state index is 0.0566. The van der Waals surface area contributed by atoms with Gasteiger partial charge in [0.1, 0.15) is 5.82 Å². The number of halogens is 4. The van der Waals surface area contributed by atoms with Crippen LogP contribution in [0.4, 0.5) is 44.7 Å². The number of amides is 3. The number of alkyl halides is 3. The number of carbonyl (C=O) groups excluding carboxylic acids is 2. The number of likely N-dealkylation sites (N-methyl/N-ethyl adjacent to an activating group) is 1. The molecule has 36 heavy (non-hydrogen) atoms. The molecule has 1 aliphatic heterocycles. The lowest BCUT2D eigenvalue weighted by Crippen LogP contribution is -2.62. The van der Waals surface area contributed by atoms with Crippen molar-refractivity contribution < 1.29 is 27.2 Å². The minimum Gasteiger partial charge on any atom is -0.357 e. The van der Waals surface area contributed by atoms with Gasteiger partial charge in [-0.2, -0.15) is 13.2 Å². The van der Waals surface area contributed by atoms with Gasteiger partial charge in [-0.3, -0.25) is 15.0 Å². The molecule has 0 bridgehead atoms. The fraction of sp³-hybridized carbons (Fsp3) is 0.130. The maximum absolute atomic E-state index is 14.6. The summed E-state index contributed by atoms with van der Waals surface area (Å²) in [7, 11) is 1.24. The number of rotatable bonds is 3. The average Bonchev–Trinajstić information content (AvgIpc) is 3.23. The second-order valence-electron chi connectivity index (χ2n) is 7.90. The molecule has 1 unspecified atom stereocenters. The van der Waals surface area contributed by atoms with Crippen LogP contribution in [0.15, 0.2) is 60.8 Å². The van der Waals surface area contributed by atoms with Gasteiger partial charge >= 0.3 is 12.2 Å². The number of thiazole rings is 1. The number of anilines is 4. The van der Waals surface area contributed by atoms with Crippen molar-refractivity contribution in [1.29, 1.82) is 0 Å². The third kappa shape index (κ3) is 3.86. The van der Waals surface area contributed by atoms with E-state index in [1.54, 1.807) is 0 Å². The van der Waals surface area contributed by atoms with E-state index in [4.69, 9.17) is 0 Å². The number of nitrogens with zero attached hydrogens (tertiary/aromatic N) is 3. The summed E-state index contributed by atoms with van der Waals surface area (Å²) in [4.78, 5) is 34.5. The molecule has 4 aromatic rings.